The molecular weight excluding hydrogens is 464 g/mol. The van der Waals surface area contributed by atoms with Gasteiger partial charge in [0.2, 0.25) is 6.04 Å². The molecule has 2 aliphatic heterocycles. The first-order valence-electron chi connectivity index (χ1n) is 11.4. The van der Waals surface area contributed by atoms with Crippen molar-refractivity contribution in [3.05, 3.63) is 59.7 Å². The van der Waals surface area contributed by atoms with Crippen LogP contribution in [-0.2, 0) is 4.79 Å². The first-order chi connectivity index (χ1) is 17.2. The molecule has 0 spiro atoms. The van der Waals surface area contributed by atoms with Crippen LogP contribution in [0, 0.1) is 6.92 Å². The average Bonchev–Trinajstić information content (AvgIpc) is 3.22. The first-order valence-corrected chi connectivity index (χ1v) is 11.4. The number of phenolic OH excluding ortho intramolecular Hbond substituents is 1. The number of likely N-dealkylation sites (N-methyl/N-ethyl adjacent to an activating group) is 2. The molecule has 3 N–H and O–H groups in total. The number of aryl methyl sites for hydroxylation is 1. The van der Waals surface area contributed by atoms with E-state index in [2.05, 4.69) is 15.2 Å². The molecule has 36 heavy (non-hydrogen) atoms. The number of β-amino-alcohol motifs (C(OH)–C–C–N with tert-alkyl or cyclic N) is 1. The number of phenols is 1. The Labute approximate surface area is 208 Å². The molecule has 11 heteroatoms. The van der Waals surface area contributed by atoms with Crippen LogP contribution < -0.4 is 14.8 Å². The Morgan fingerprint density at radius 1 is 1.14 bits per heavy atom. The Kier molecular flexibility index (Phi) is 6.96. The molecular formula is C25H29N6O5+. The van der Waals surface area contributed by atoms with E-state index in [1.165, 1.54) is 11.9 Å². The maximum atomic E-state index is 13.1. The lowest BCUT2D eigenvalue weighted by atomic mass is 10.1. The number of benzene rings is 2. The SMILES string of the molecule is C/C(=N/NC1=[N+]=C2C(C(=O)N(C)C(=O)N2C)N1CC(O)COc1ccccc1C)c1ccc(O)cc1. The van der Waals surface area contributed by atoms with Gasteiger partial charge in [-0.2, -0.15) is 5.43 Å². The maximum Gasteiger partial charge on any atom is 0.421 e. The summed E-state index contributed by atoms with van der Waals surface area (Å²) in [7, 11) is 2.95. The van der Waals surface area contributed by atoms with Gasteiger partial charge in [0.25, 0.3) is 5.91 Å². The summed E-state index contributed by atoms with van der Waals surface area (Å²) in [6.45, 7) is 3.68. The number of ether oxygens (including phenoxy) is 1. The summed E-state index contributed by atoms with van der Waals surface area (Å²) in [4.78, 5) is 29.4. The number of aliphatic hydroxyl groups is 1. The Morgan fingerprint density at radius 2 is 1.83 bits per heavy atom. The van der Waals surface area contributed by atoms with Crippen LogP contribution in [0.25, 0.3) is 0 Å². The van der Waals surface area contributed by atoms with Crippen LogP contribution in [0.15, 0.2) is 53.6 Å². The number of amidine groups is 1. The molecule has 1 fully saturated rings. The monoisotopic (exact) mass is 493 g/mol. The second-order valence-electron chi connectivity index (χ2n) is 8.67. The number of para-hydroxylation sites is 1. The van der Waals surface area contributed by atoms with Gasteiger partial charge >= 0.3 is 17.8 Å². The van der Waals surface area contributed by atoms with E-state index in [0.717, 1.165) is 16.0 Å². The normalized spacial score (nSPS) is 18.6. The maximum absolute atomic E-state index is 13.1. The van der Waals surface area contributed by atoms with Crippen LogP contribution in [0.3, 0.4) is 0 Å². The topological polar surface area (TPSA) is 132 Å². The van der Waals surface area contributed by atoms with Crippen LogP contribution in [-0.4, -0.2) is 93.8 Å². The highest BCUT2D eigenvalue weighted by Crippen LogP contribution is 2.20. The van der Waals surface area contributed by atoms with Gasteiger partial charge in [0.05, 0.1) is 19.3 Å². The zero-order valence-corrected chi connectivity index (χ0v) is 20.5. The fourth-order valence-electron chi connectivity index (χ4n) is 3.96. The highest BCUT2D eigenvalue weighted by atomic mass is 16.5. The lowest BCUT2D eigenvalue weighted by Crippen LogP contribution is -2.64. The minimum atomic E-state index is -0.973. The summed E-state index contributed by atoms with van der Waals surface area (Å²) in [5.74, 6) is 0.801. The molecule has 2 heterocycles. The largest absolute Gasteiger partial charge is 0.508 e. The summed E-state index contributed by atoms with van der Waals surface area (Å²) in [5, 5.41) is 24.7. The molecule has 1 saturated heterocycles. The van der Waals surface area contributed by atoms with Crippen molar-refractivity contribution >= 4 is 29.4 Å². The highest BCUT2D eigenvalue weighted by Gasteiger charge is 2.55. The van der Waals surface area contributed by atoms with Crippen molar-refractivity contribution in [1.82, 2.24) is 24.8 Å². The van der Waals surface area contributed by atoms with E-state index in [1.807, 2.05) is 31.2 Å². The van der Waals surface area contributed by atoms with E-state index in [9.17, 15) is 19.8 Å². The van der Waals surface area contributed by atoms with Crippen molar-refractivity contribution in [3.8, 4) is 11.5 Å². The molecule has 2 atom stereocenters. The van der Waals surface area contributed by atoms with E-state index in [4.69, 9.17) is 4.74 Å². The van der Waals surface area contributed by atoms with E-state index in [0.29, 0.717) is 11.5 Å². The highest BCUT2D eigenvalue weighted by molar-refractivity contribution is 6.23. The zero-order valence-electron chi connectivity index (χ0n) is 20.5. The van der Waals surface area contributed by atoms with E-state index < -0.39 is 24.1 Å². The number of rotatable bonds is 7. The molecule has 2 aromatic carbocycles. The van der Waals surface area contributed by atoms with Gasteiger partial charge in [-0.05, 0) is 55.3 Å². The molecule has 0 radical (unpaired) electrons. The molecule has 0 saturated carbocycles. The summed E-state index contributed by atoms with van der Waals surface area (Å²) in [5.41, 5.74) is 5.19. The number of aromatic hydroxyl groups is 1. The van der Waals surface area contributed by atoms with Crippen molar-refractivity contribution in [3.63, 3.8) is 0 Å². The van der Waals surface area contributed by atoms with Gasteiger partial charge in [-0.3, -0.25) is 9.69 Å². The zero-order chi connectivity index (χ0) is 26.0. The Hall–Kier alpha value is -4.34. The fourth-order valence-corrected chi connectivity index (χ4v) is 3.96. The average molecular weight is 494 g/mol. The number of carbonyl (C=O) groups is 2. The third-order valence-corrected chi connectivity index (χ3v) is 6.07. The van der Waals surface area contributed by atoms with Crippen molar-refractivity contribution in [2.75, 3.05) is 27.2 Å². The predicted molar refractivity (Wildman–Crippen MR) is 135 cm³/mol. The van der Waals surface area contributed by atoms with Crippen molar-refractivity contribution in [2.45, 2.75) is 26.0 Å². The van der Waals surface area contributed by atoms with Gasteiger partial charge in [0.15, 0.2) is 0 Å². The standard InChI is InChI=1S/C25H28N6O5/c1-15-7-5-6-8-20(15)36-14-19(33)13-31-21-22(29(3)25(35)30(4)23(21)34)26-24(31)28-27-16(2)17-9-11-18(32)12-10-17/h5-12,19,21,33H,13-14H2,1-4H3,(H,27,32)/p+1. The number of carbonyl (C=O) groups excluding carboxylic acids is 2. The lowest BCUT2D eigenvalue weighted by Gasteiger charge is -2.32. The summed E-state index contributed by atoms with van der Waals surface area (Å²) >= 11 is 0. The van der Waals surface area contributed by atoms with Crippen LogP contribution in [0.5, 0.6) is 11.5 Å². The molecule has 0 aliphatic carbocycles. The Balaban J connectivity index is 1.56. The lowest BCUT2D eigenvalue weighted by molar-refractivity contribution is -0.131. The van der Waals surface area contributed by atoms with Crippen molar-refractivity contribution in [1.29, 1.82) is 0 Å². The van der Waals surface area contributed by atoms with Crippen LogP contribution in [0.1, 0.15) is 18.1 Å². The smallest absolute Gasteiger partial charge is 0.421 e. The summed E-state index contributed by atoms with van der Waals surface area (Å²) in [6, 6.07) is 12.6. The summed E-state index contributed by atoms with van der Waals surface area (Å²) in [6.07, 6.45) is -0.973. The number of hydrazone groups is 1. The van der Waals surface area contributed by atoms with Gasteiger partial charge in [0.1, 0.15) is 24.2 Å². The number of aliphatic hydroxyl groups excluding tert-OH is 1. The fraction of sp³-hybridized carbons (Fsp3) is 0.320. The number of nitrogens with zero attached hydrogens (tertiary/aromatic N) is 5. The molecule has 0 bridgehead atoms. The van der Waals surface area contributed by atoms with Gasteiger partial charge in [-0.1, -0.05) is 18.2 Å². The minimum absolute atomic E-state index is 0.00126. The molecule has 3 amide bonds. The number of fused-ring (bicyclic) bond motifs is 1. The number of nitrogens with one attached hydrogen (secondary N) is 1. The number of hydrogen-bond acceptors (Lipinski definition) is 8. The van der Waals surface area contributed by atoms with E-state index in [1.54, 1.807) is 43.1 Å². The van der Waals surface area contributed by atoms with Gasteiger partial charge < -0.3 is 14.9 Å². The second kappa shape index (κ2) is 10.1. The third-order valence-electron chi connectivity index (χ3n) is 6.07. The van der Waals surface area contributed by atoms with E-state index in [-0.39, 0.29) is 30.7 Å². The second-order valence-corrected chi connectivity index (χ2v) is 8.67. The predicted octanol–water partition coefficient (Wildman–Crippen LogP) is 0.484. The van der Waals surface area contributed by atoms with Gasteiger partial charge in [-0.15, -0.1) is 5.10 Å². The number of amides is 3. The number of urea groups is 1. The third kappa shape index (κ3) is 4.88. The summed E-state index contributed by atoms with van der Waals surface area (Å²) < 4.78 is 10.3. The molecule has 2 aromatic rings. The Morgan fingerprint density at radius 3 is 2.53 bits per heavy atom. The van der Waals surface area contributed by atoms with Crippen LogP contribution >= 0.6 is 0 Å². The van der Waals surface area contributed by atoms with Gasteiger partial charge in [0, 0.05) is 7.05 Å². The van der Waals surface area contributed by atoms with Crippen molar-refractivity contribution < 1.29 is 24.5 Å². The number of hydrogen-bond donors (Lipinski definition) is 3. The quantitative estimate of drug-likeness (QED) is 0.290. The van der Waals surface area contributed by atoms with Crippen LogP contribution in [0.2, 0.25) is 0 Å². The molecule has 188 valence electrons. The van der Waals surface area contributed by atoms with Crippen LogP contribution in [0.4, 0.5) is 4.79 Å². The molecule has 2 unspecified atom stereocenters. The minimum Gasteiger partial charge on any atom is -0.508 e. The first kappa shape index (κ1) is 24.8. The molecule has 2 aliphatic rings. The van der Waals surface area contributed by atoms with E-state index >= 15 is 0 Å². The number of guanidine groups is 1. The Bertz CT molecular complexity index is 1270. The molecule has 11 nitrogen and oxygen atoms in total. The molecule has 0 aromatic heterocycles. The number of imide groups is 1. The molecule has 4 rings (SSSR count). The van der Waals surface area contributed by atoms with Gasteiger partial charge in [-0.25, -0.2) is 19.3 Å². The van der Waals surface area contributed by atoms with Crippen molar-refractivity contribution in [2.24, 2.45) is 5.10 Å².